The molecule has 1 N–H and O–H groups in total. The van der Waals surface area contributed by atoms with Crippen LogP contribution in [0.4, 0.5) is 4.79 Å². The highest BCUT2D eigenvalue weighted by Gasteiger charge is 2.37. The van der Waals surface area contributed by atoms with Crippen molar-refractivity contribution in [3.8, 4) is 0 Å². The number of ether oxygens (including phenoxy) is 1. The van der Waals surface area contributed by atoms with Crippen LogP contribution < -0.4 is 5.32 Å². The average Bonchev–Trinajstić information content (AvgIpc) is 3.27. The molecule has 0 bridgehead atoms. The van der Waals surface area contributed by atoms with E-state index in [1.165, 1.54) is 35.1 Å². The number of hydrogen-bond acceptors (Lipinski definition) is 6. The number of fused-ring (bicyclic) bond motifs is 1. The van der Waals surface area contributed by atoms with Crippen LogP contribution in [0.2, 0.25) is 0 Å². The molecule has 230 valence electrons. The van der Waals surface area contributed by atoms with Crippen molar-refractivity contribution in [2.45, 2.75) is 129 Å². The second-order valence-electron chi connectivity index (χ2n) is 15.1. The smallest absolute Gasteiger partial charge is 0.407 e. The number of allylic oxidation sites excluding steroid dienone is 1. The van der Waals surface area contributed by atoms with Crippen LogP contribution >= 0.6 is 0 Å². The molecule has 0 radical (unpaired) electrons. The highest BCUT2D eigenvalue weighted by atomic mass is 16.6. The minimum absolute atomic E-state index is 0.154. The number of carbonyl (C=O) groups is 1. The number of carbonyl (C=O) groups excluding carboxylic acids is 1. The largest absolute Gasteiger partial charge is 0.444 e. The highest BCUT2D eigenvalue weighted by molar-refractivity contribution is 5.95. The molecule has 7 nitrogen and oxygen atoms in total. The summed E-state index contributed by atoms with van der Waals surface area (Å²) in [4.78, 5) is 27.4. The summed E-state index contributed by atoms with van der Waals surface area (Å²) >= 11 is 0. The maximum absolute atomic E-state index is 12.3. The van der Waals surface area contributed by atoms with Gasteiger partial charge in [0.15, 0.2) is 0 Å². The van der Waals surface area contributed by atoms with Crippen LogP contribution in [0.3, 0.4) is 0 Å². The van der Waals surface area contributed by atoms with Crippen LogP contribution in [0, 0.1) is 0 Å². The molecule has 2 saturated heterocycles. The van der Waals surface area contributed by atoms with E-state index in [0.29, 0.717) is 6.04 Å². The molecule has 1 unspecified atom stereocenters. The van der Waals surface area contributed by atoms with E-state index in [-0.39, 0.29) is 23.0 Å². The van der Waals surface area contributed by atoms with Crippen molar-refractivity contribution in [2.75, 3.05) is 26.2 Å². The Labute approximate surface area is 253 Å². The number of aliphatic imine (C=N–C) groups is 2. The van der Waals surface area contributed by atoms with Crippen LogP contribution in [0.15, 0.2) is 33.8 Å². The van der Waals surface area contributed by atoms with Gasteiger partial charge in [0.1, 0.15) is 5.60 Å². The van der Waals surface area contributed by atoms with Crippen LogP contribution in [0.5, 0.6) is 0 Å². The number of hydrogen-bond donors (Lipinski definition) is 1. The number of benzene rings is 1. The van der Waals surface area contributed by atoms with Crippen molar-refractivity contribution in [1.82, 2.24) is 15.1 Å². The summed E-state index contributed by atoms with van der Waals surface area (Å²) in [5, 5.41) is 3.07. The van der Waals surface area contributed by atoms with E-state index in [1.807, 2.05) is 20.8 Å². The zero-order chi connectivity index (χ0) is 30.3. The Kier molecular flexibility index (Phi) is 8.63. The molecule has 1 atom stereocenters. The molecular weight excluding hydrogens is 522 g/mol. The maximum atomic E-state index is 12.3. The third-order valence-corrected chi connectivity index (χ3v) is 9.85. The summed E-state index contributed by atoms with van der Waals surface area (Å²) in [5.74, 6) is 0.857. The third-order valence-electron chi connectivity index (χ3n) is 9.85. The molecule has 1 aromatic carbocycles. The number of likely N-dealkylation sites (tertiary alicyclic amines) is 2. The lowest BCUT2D eigenvalue weighted by Crippen LogP contribution is -2.47. The number of rotatable bonds is 4. The number of alkyl carbamates (subject to hydrolysis) is 1. The number of guanidine groups is 1. The SMILES string of the molecule is CCC1=C(c2ccc3c(c2)C(C)(C)CCC3(C)C)N=C(N2CCC(N3CCC(NC(=O)OC(C)(C)C)C3)CC2)N=CC1. The first kappa shape index (κ1) is 30.8. The van der Waals surface area contributed by atoms with E-state index in [0.717, 1.165) is 69.9 Å². The molecular formula is C35H53N5O2. The lowest BCUT2D eigenvalue weighted by molar-refractivity contribution is 0.0503. The predicted molar refractivity (Wildman–Crippen MR) is 173 cm³/mol. The summed E-state index contributed by atoms with van der Waals surface area (Å²) in [7, 11) is 0. The Morgan fingerprint density at radius 1 is 1.02 bits per heavy atom. The topological polar surface area (TPSA) is 69.5 Å². The fraction of sp³-hybridized carbons (Fsp3) is 0.686. The Balaban J connectivity index is 1.27. The van der Waals surface area contributed by atoms with Gasteiger partial charge in [-0.1, -0.05) is 46.8 Å². The normalized spacial score (nSPS) is 24.7. The van der Waals surface area contributed by atoms with Crippen molar-refractivity contribution in [3.63, 3.8) is 0 Å². The first-order chi connectivity index (χ1) is 19.8. The van der Waals surface area contributed by atoms with Gasteiger partial charge in [0.05, 0.1) is 5.70 Å². The summed E-state index contributed by atoms with van der Waals surface area (Å²) in [6, 6.07) is 7.80. The Bertz CT molecular complexity index is 1260. The van der Waals surface area contributed by atoms with E-state index < -0.39 is 5.60 Å². The van der Waals surface area contributed by atoms with Gasteiger partial charge in [0.2, 0.25) is 5.96 Å². The minimum atomic E-state index is -0.473. The van der Waals surface area contributed by atoms with Crippen LogP contribution in [0.25, 0.3) is 5.70 Å². The number of piperidine rings is 1. The first-order valence-electron chi connectivity index (χ1n) is 16.2. The monoisotopic (exact) mass is 575 g/mol. The maximum Gasteiger partial charge on any atom is 0.407 e. The summed E-state index contributed by atoms with van der Waals surface area (Å²) in [6.45, 7) is 21.3. The summed E-state index contributed by atoms with van der Waals surface area (Å²) < 4.78 is 5.47. The summed E-state index contributed by atoms with van der Waals surface area (Å²) in [6.07, 6.45) is 9.13. The first-order valence-corrected chi connectivity index (χ1v) is 16.2. The third kappa shape index (κ3) is 6.77. The Hall–Kier alpha value is -2.67. The molecule has 1 amide bonds. The molecule has 3 aliphatic heterocycles. The molecule has 5 rings (SSSR count). The fourth-order valence-corrected chi connectivity index (χ4v) is 7.15. The van der Waals surface area contributed by atoms with E-state index in [9.17, 15) is 4.79 Å². The zero-order valence-electron chi connectivity index (χ0n) is 27.3. The van der Waals surface area contributed by atoms with Gasteiger partial charge in [-0.25, -0.2) is 14.8 Å². The molecule has 7 heteroatoms. The van der Waals surface area contributed by atoms with Crippen molar-refractivity contribution in [2.24, 2.45) is 9.98 Å². The predicted octanol–water partition coefficient (Wildman–Crippen LogP) is 7.05. The van der Waals surface area contributed by atoms with Crippen LogP contribution in [0.1, 0.15) is 117 Å². The molecule has 1 aromatic rings. The second-order valence-corrected chi connectivity index (χ2v) is 15.1. The van der Waals surface area contributed by atoms with E-state index in [2.05, 4.69) is 74.1 Å². The lowest BCUT2D eigenvalue weighted by Gasteiger charge is -2.42. The quantitative estimate of drug-likeness (QED) is 0.418. The molecule has 42 heavy (non-hydrogen) atoms. The van der Waals surface area contributed by atoms with Gasteiger partial charge in [-0.2, -0.15) is 0 Å². The van der Waals surface area contributed by atoms with E-state index >= 15 is 0 Å². The molecule has 0 aromatic heterocycles. The van der Waals surface area contributed by atoms with Crippen molar-refractivity contribution in [1.29, 1.82) is 0 Å². The van der Waals surface area contributed by atoms with Gasteiger partial charge >= 0.3 is 6.09 Å². The Morgan fingerprint density at radius 2 is 1.71 bits per heavy atom. The minimum Gasteiger partial charge on any atom is -0.444 e. The zero-order valence-corrected chi connectivity index (χ0v) is 27.3. The molecule has 0 saturated carbocycles. The lowest BCUT2D eigenvalue weighted by atomic mass is 9.63. The van der Waals surface area contributed by atoms with E-state index in [4.69, 9.17) is 14.7 Å². The van der Waals surface area contributed by atoms with Crippen LogP contribution in [-0.2, 0) is 15.6 Å². The standard InChI is InChI=1S/C35H53N5O2/c1-9-24-12-18-36-31(38-30(24)25-10-11-28-29(22-25)35(7,8)17-16-34(28,5)6)39-20-14-27(15-21-39)40-19-13-26(23-40)37-32(41)42-33(2,3)4/h10-11,18,22,26-27H,9,12-17,19-21,23H2,1-8H3,(H,37,41). The van der Waals surface area contributed by atoms with Gasteiger partial charge in [0, 0.05) is 56.5 Å². The number of nitrogens with one attached hydrogen (secondary N) is 1. The van der Waals surface area contributed by atoms with Crippen LogP contribution in [-0.4, -0.2) is 71.9 Å². The second kappa shape index (κ2) is 11.8. The van der Waals surface area contributed by atoms with Crippen molar-refractivity contribution in [3.05, 3.63) is 40.5 Å². The average molecular weight is 576 g/mol. The van der Waals surface area contributed by atoms with Gasteiger partial charge in [-0.15, -0.1) is 0 Å². The number of amides is 1. The molecule has 4 aliphatic rings. The number of nitrogens with zero attached hydrogens (tertiary/aromatic N) is 4. The van der Waals surface area contributed by atoms with Crippen molar-refractivity contribution < 1.29 is 9.53 Å². The van der Waals surface area contributed by atoms with Crippen molar-refractivity contribution >= 4 is 24.0 Å². The molecule has 0 spiro atoms. The molecule has 3 heterocycles. The molecule has 1 aliphatic carbocycles. The fourth-order valence-electron chi connectivity index (χ4n) is 7.15. The Morgan fingerprint density at radius 3 is 2.38 bits per heavy atom. The van der Waals surface area contributed by atoms with Gasteiger partial charge in [-0.05, 0) is 92.9 Å². The highest BCUT2D eigenvalue weighted by Crippen LogP contribution is 2.46. The summed E-state index contributed by atoms with van der Waals surface area (Å²) in [5.41, 5.74) is 6.57. The van der Waals surface area contributed by atoms with Gasteiger partial charge < -0.3 is 15.0 Å². The molecule has 2 fully saturated rings. The van der Waals surface area contributed by atoms with E-state index in [1.54, 1.807) is 0 Å². The van der Waals surface area contributed by atoms with Gasteiger partial charge in [0.25, 0.3) is 0 Å². The van der Waals surface area contributed by atoms with Gasteiger partial charge in [-0.3, -0.25) is 4.90 Å².